The van der Waals surface area contributed by atoms with E-state index in [4.69, 9.17) is 11.6 Å². The molecule has 0 amide bonds. The van der Waals surface area contributed by atoms with Crippen molar-refractivity contribution in [2.75, 3.05) is 0 Å². The molecule has 0 radical (unpaired) electrons. The second kappa shape index (κ2) is 5.44. The summed E-state index contributed by atoms with van der Waals surface area (Å²) in [5, 5.41) is 0.471. The fraction of sp³-hybridized carbons (Fsp3) is 0.357. The number of rotatable bonds is 3. The smallest absolute Gasteiger partial charge is 0.179 e. The van der Waals surface area contributed by atoms with Gasteiger partial charge in [-0.25, -0.2) is 15.0 Å². The summed E-state index contributed by atoms with van der Waals surface area (Å²) in [4.78, 5) is 13.2. The average Bonchev–Trinajstić information content (AvgIpc) is 2.27. The van der Waals surface area contributed by atoms with Gasteiger partial charge in [0, 0.05) is 11.4 Å². The molecule has 0 unspecified atom stereocenters. The Balaban J connectivity index is 2.41. The minimum atomic E-state index is 0.471. The molecule has 0 aliphatic heterocycles. The molecule has 18 heavy (non-hydrogen) atoms. The Morgan fingerprint density at radius 2 is 1.94 bits per heavy atom. The lowest BCUT2D eigenvalue weighted by atomic mass is 10.1. The molecule has 0 aliphatic rings. The lowest BCUT2D eigenvalue weighted by molar-refractivity contribution is 0.634. The van der Waals surface area contributed by atoms with Crippen LogP contribution >= 0.6 is 11.6 Å². The van der Waals surface area contributed by atoms with Gasteiger partial charge in [-0.1, -0.05) is 31.5 Å². The highest BCUT2D eigenvalue weighted by Crippen LogP contribution is 2.18. The quantitative estimate of drug-likeness (QED) is 0.791. The Morgan fingerprint density at radius 1 is 1.17 bits per heavy atom. The van der Waals surface area contributed by atoms with Crippen LogP contribution in [-0.4, -0.2) is 15.0 Å². The van der Waals surface area contributed by atoms with E-state index in [0.29, 0.717) is 16.9 Å². The van der Waals surface area contributed by atoms with Crippen LogP contribution in [0.5, 0.6) is 0 Å². The molecule has 94 valence electrons. The first-order valence-electron chi connectivity index (χ1n) is 6.02. The standard InChI is InChI=1S/C14H16ClN3/c1-9(2)7-11-8-13(15)18-14(17-11)12-6-4-5-10(3)16-12/h4-6,8-9H,7H2,1-3H3. The minimum Gasteiger partial charge on any atom is -0.250 e. The van der Waals surface area contributed by atoms with Gasteiger partial charge < -0.3 is 0 Å². The van der Waals surface area contributed by atoms with E-state index in [0.717, 1.165) is 23.5 Å². The largest absolute Gasteiger partial charge is 0.250 e. The number of halogens is 1. The van der Waals surface area contributed by atoms with Crippen molar-refractivity contribution in [1.29, 1.82) is 0 Å². The maximum Gasteiger partial charge on any atom is 0.179 e. The van der Waals surface area contributed by atoms with Crippen molar-refractivity contribution in [2.24, 2.45) is 5.92 Å². The summed E-state index contributed by atoms with van der Waals surface area (Å²) >= 11 is 6.04. The number of aromatic nitrogens is 3. The van der Waals surface area contributed by atoms with E-state index in [2.05, 4.69) is 28.8 Å². The van der Waals surface area contributed by atoms with E-state index in [-0.39, 0.29) is 0 Å². The van der Waals surface area contributed by atoms with E-state index in [1.807, 2.05) is 31.2 Å². The van der Waals surface area contributed by atoms with Crippen molar-refractivity contribution in [3.8, 4) is 11.5 Å². The van der Waals surface area contributed by atoms with Gasteiger partial charge in [0.15, 0.2) is 5.82 Å². The molecule has 2 aromatic rings. The zero-order valence-electron chi connectivity index (χ0n) is 10.8. The Labute approximate surface area is 112 Å². The number of aryl methyl sites for hydroxylation is 1. The molecule has 0 saturated heterocycles. The first kappa shape index (κ1) is 13.0. The first-order chi connectivity index (χ1) is 8.54. The molecule has 2 aromatic heterocycles. The summed E-state index contributed by atoms with van der Waals surface area (Å²) in [6, 6.07) is 7.62. The van der Waals surface area contributed by atoms with E-state index in [9.17, 15) is 0 Å². The van der Waals surface area contributed by atoms with Crippen LogP contribution in [0.15, 0.2) is 24.3 Å². The van der Waals surface area contributed by atoms with Crippen LogP contribution in [0.4, 0.5) is 0 Å². The third-order valence-corrected chi connectivity index (χ3v) is 2.68. The Kier molecular flexibility index (Phi) is 3.92. The van der Waals surface area contributed by atoms with Crippen molar-refractivity contribution in [3.63, 3.8) is 0 Å². The molecule has 3 nitrogen and oxygen atoms in total. The van der Waals surface area contributed by atoms with Crippen LogP contribution in [0.2, 0.25) is 5.15 Å². The summed E-state index contributed by atoms with van der Waals surface area (Å²) in [6.07, 6.45) is 0.890. The highest BCUT2D eigenvalue weighted by Gasteiger charge is 2.08. The lowest BCUT2D eigenvalue weighted by Crippen LogP contribution is -2.01. The average molecular weight is 262 g/mol. The van der Waals surface area contributed by atoms with Crippen LogP contribution in [0, 0.1) is 12.8 Å². The van der Waals surface area contributed by atoms with Crippen LogP contribution in [-0.2, 0) is 6.42 Å². The first-order valence-corrected chi connectivity index (χ1v) is 6.40. The second-order valence-corrected chi connectivity index (χ2v) is 5.16. The fourth-order valence-corrected chi connectivity index (χ4v) is 1.98. The minimum absolute atomic E-state index is 0.471. The number of hydrogen-bond donors (Lipinski definition) is 0. The molecular weight excluding hydrogens is 246 g/mol. The third kappa shape index (κ3) is 3.26. The maximum absolute atomic E-state index is 6.04. The van der Waals surface area contributed by atoms with Gasteiger partial charge in [0.05, 0.1) is 0 Å². The summed E-state index contributed by atoms with van der Waals surface area (Å²) in [6.45, 7) is 6.25. The van der Waals surface area contributed by atoms with Gasteiger partial charge >= 0.3 is 0 Å². The maximum atomic E-state index is 6.04. The number of nitrogens with zero attached hydrogens (tertiary/aromatic N) is 3. The van der Waals surface area contributed by atoms with Crippen molar-refractivity contribution in [3.05, 3.63) is 40.8 Å². The molecule has 0 atom stereocenters. The molecule has 2 heterocycles. The van der Waals surface area contributed by atoms with Gasteiger partial charge in [-0.15, -0.1) is 0 Å². The van der Waals surface area contributed by atoms with Crippen LogP contribution in [0.25, 0.3) is 11.5 Å². The van der Waals surface area contributed by atoms with E-state index < -0.39 is 0 Å². The van der Waals surface area contributed by atoms with Gasteiger partial charge in [0.25, 0.3) is 0 Å². The zero-order chi connectivity index (χ0) is 13.1. The van der Waals surface area contributed by atoms with Gasteiger partial charge in [-0.2, -0.15) is 0 Å². The van der Waals surface area contributed by atoms with E-state index in [1.54, 1.807) is 0 Å². The highest BCUT2D eigenvalue weighted by molar-refractivity contribution is 6.29. The molecule has 0 spiro atoms. The topological polar surface area (TPSA) is 38.7 Å². The highest BCUT2D eigenvalue weighted by atomic mass is 35.5. The van der Waals surface area contributed by atoms with Gasteiger partial charge in [-0.3, -0.25) is 0 Å². The molecule has 0 bridgehead atoms. The van der Waals surface area contributed by atoms with Crippen molar-refractivity contribution in [2.45, 2.75) is 27.2 Å². The Bertz CT molecular complexity index is 552. The van der Waals surface area contributed by atoms with E-state index >= 15 is 0 Å². The SMILES string of the molecule is Cc1cccc(-c2nc(Cl)cc(CC(C)C)n2)n1. The predicted octanol–water partition coefficient (Wildman–Crippen LogP) is 3.70. The fourth-order valence-electron chi connectivity index (χ4n) is 1.77. The van der Waals surface area contributed by atoms with Gasteiger partial charge in [-0.05, 0) is 37.5 Å². The molecule has 0 aromatic carbocycles. The zero-order valence-corrected chi connectivity index (χ0v) is 11.6. The molecule has 0 fully saturated rings. The molecule has 0 saturated carbocycles. The normalized spacial score (nSPS) is 10.9. The third-order valence-electron chi connectivity index (χ3n) is 2.48. The van der Waals surface area contributed by atoms with Crippen molar-refractivity contribution >= 4 is 11.6 Å². The summed E-state index contributed by atoms with van der Waals surface area (Å²) in [7, 11) is 0. The summed E-state index contributed by atoms with van der Waals surface area (Å²) in [5.41, 5.74) is 2.67. The van der Waals surface area contributed by atoms with Crippen molar-refractivity contribution in [1.82, 2.24) is 15.0 Å². The number of hydrogen-bond acceptors (Lipinski definition) is 3. The van der Waals surface area contributed by atoms with Crippen LogP contribution in [0.1, 0.15) is 25.2 Å². The van der Waals surface area contributed by atoms with Crippen molar-refractivity contribution < 1.29 is 0 Å². The molecular formula is C14H16ClN3. The summed E-state index contributed by atoms with van der Waals surface area (Å²) in [5.74, 6) is 1.14. The molecule has 4 heteroatoms. The second-order valence-electron chi connectivity index (χ2n) is 4.77. The van der Waals surface area contributed by atoms with Crippen LogP contribution in [0.3, 0.4) is 0 Å². The monoisotopic (exact) mass is 261 g/mol. The molecule has 2 rings (SSSR count). The Morgan fingerprint density at radius 3 is 2.61 bits per heavy atom. The van der Waals surface area contributed by atoms with Gasteiger partial charge in [0.2, 0.25) is 0 Å². The number of pyridine rings is 1. The lowest BCUT2D eigenvalue weighted by Gasteiger charge is -2.07. The Hall–Kier alpha value is -1.48. The molecule has 0 N–H and O–H groups in total. The predicted molar refractivity (Wildman–Crippen MR) is 73.6 cm³/mol. The van der Waals surface area contributed by atoms with E-state index in [1.165, 1.54) is 0 Å². The van der Waals surface area contributed by atoms with Gasteiger partial charge in [0.1, 0.15) is 10.8 Å². The summed E-state index contributed by atoms with van der Waals surface area (Å²) < 4.78 is 0. The van der Waals surface area contributed by atoms with Crippen LogP contribution < -0.4 is 0 Å². The molecule has 0 aliphatic carbocycles.